The summed E-state index contributed by atoms with van der Waals surface area (Å²) in [6.45, 7) is 1.87. The number of carbonyl (C=O) groups is 1. The molecule has 0 aromatic heterocycles. The van der Waals surface area contributed by atoms with Crippen molar-refractivity contribution >= 4 is 29.2 Å². The van der Waals surface area contributed by atoms with Crippen molar-refractivity contribution in [1.29, 1.82) is 0 Å². The van der Waals surface area contributed by atoms with Gasteiger partial charge in [0.25, 0.3) is 0 Å². The summed E-state index contributed by atoms with van der Waals surface area (Å²) >= 11 is 11.5. The number of rotatable bonds is 4. The maximum absolute atomic E-state index is 11.0. The Balaban J connectivity index is 2.57. The Labute approximate surface area is 97.8 Å². The van der Waals surface area contributed by atoms with Crippen LogP contribution < -0.4 is 4.89 Å². The van der Waals surface area contributed by atoms with Crippen LogP contribution in [0.15, 0.2) is 18.2 Å². The first-order valence-electron chi connectivity index (χ1n) is 4.46. The lowest BCUT2D eigenvalue weighted by molar-refractivity contribution is -0.213. The summed E-state index contributed by atoms with van der Waals surface area (Å²) in [5.41, 5.74) is 0. The third-order valence-corrected chi connectivity index (χ3v) is 2.12. The van der Waals surface area contributed by atoms with Crippen molar-refractivity contribution in [3.8, 4) is 5.75 Å². The molecule has 0 N–H and O–H groups in total. The molecule has 0 bridgehead atoms. The van der Waals surface area contributed by atoms with Crippen molar-refractivity contribution in [2.24, 2.45) is 0 Å². The molecule has 0 heterocycles. The van der Waals surface area contributed by atoms with E-state index in [9.17, 15) is 4.79 Å². The molecule has 0 saturated carbocycles. The zero-order valence-electron chi connectivity index (χ0n) is 8.13. The quantitative estimate of drug-likeness (QED) is 0.603. The van der Waals surface area contributed by atoms with Gasteiger partial charge in [-0.2, -0.15) is 0 Å². The van der Waals surface area contributed by atoms with Gasteiger partial charge in [0.2, 0.25) is 0 Å². The van der Waals surface area contributed by atoms with Gasteiger partial charge >= 0.3 is 5.97 Å². The van der Waals surface area contributed by atoms with Crippen LogP contribution in [-0.4, -0.2) is 5.97 Å². The van der Waals surface area contributed by atoms with Gasteiger partial charge < -0.3 is 0 Å². The average Bonchev–Trinajstić information content (AvgIpc) is 2.20. The Morgan fingerprint density at radius 1 is 1.40 bits per heavy atom. The first-order valence-corrected chi connectivity index (χ1v) is 5.21. The number of hydrogen-bond acceptors (Lipinski definition) is 3. The van der Waals surface area contributed by atoms with Gasteiger partial charge in [0.1, 0.15) is 0 Å². The number of hydrogen-bond donors (Lipinski definition) is 0. The molecule has 82 valence electrons. The molecular formula is C10H10Cl2O3. The van der Waals surface area contributed by atoms with E-state index >= 15 is 0 Å². The molecule has 0 radical (unpaired) electrons. The van der Waals surface area contributed by atoms with Crippen molar-refractivity contribution in [2.45, 2.75) is 19.8 Å². The smallest absolute Gasteiger partial charge is 0.285 e. The van der Waals surface area contributed by atoms with Gasteiger partial charge in [-0.25, -0.2) is 4.79 Å². The summed E-state index contributed by atoms with van der Waals surface area (Å²) in [5.74, 6) is -0.206. The molecule has 0 unspecified atom stereocenters. The summed E-state index contributed by atoms with van der Waals surface area (Å²) in [4.78, 5) is 20.3. The van der Waals surface area contributed by atoms with E-state index in [2.05, 4.69) is 4.89 Å². The lowest BCUT2D eigenvalue weighted by atomic mass is 10.3. The minimum Gasteiger partial charge on any atom is -0.285 e. The van der Waals surface area contributed by atoms with Crippen molar-refractivity contribution in [3.63, 3.8) is 0 Å². The second-order valence-electron chi connectivity index (χ2n) is 2.86. The first kappa shape index (κ1) is 12.1. The summed E-state index contributed by atoms with van der Waals surface area (Å²) in [6, 6.07) is 4.65. The summed E-state index contributed by atoms with van der Waals surface area (Å²) in [7, 11) is 0. The van der Waals surface area contributed by atoms with E-state index in [4.69, 9.17) is 28.1 Å². The first-order chi connectivity index (χ1) is 7.13. The molecule has 5 heteroatoms. The third kappa shape index (κ3) is 3.98. The Morgan fingerprint density at radius 2 is 2.13 bits per heavy atom. The lowest BCUT2D eigenvalue weighted by Gasteiger charge is -2.05. The highest BCUT2D eigenvalue weighted by Gasteiger charge is 2.07. The van der Waals surface area contributed by atoms with Gasteiger partial charge in [0.05, 0.1) is 5.02 Å². The normalized spacial score (nSPS) is 9.80. The third-order valence-electron chi connectivity index (χ3n) is 1.57. The highest BCUT2D eigenvalue weighted by molar-refractivity contribution is 6.34. The fraction of sp³-hybridized carbons (Fsp3) is 0.300. The number of benzene rings is 1. The minimum absolute atomic E-state index is 0.230. The molecule has 0 fully saturated rings. The summed E-state index contributed by atoms with van der Waals surface area (Å²) in [5, 5.41) is 0.796. The Morgan fingerprint density at radius 3 is 2.80 bits per heavy atom. The highest BCUT2D eigenvalue weighted by atomic mass is 35.5. The lowest BCUT2D eigenvalue weighted by Crippen LogP contribution is -2.07. The summed E-state index contributed by atoms with van der Waals surface area (Å²) in [6.07, 6.45) is 1.00. The molecule has 0 amide bonds. The Kier molecular flexibility index (Phi) is 4.72. The van der Waals surface area contributed by atoms with Crippen LogP contribution in [0.4, 0.5) is 0 Å². The van der Waals surface area contributed by atoms with Crippen molar-refractivity contribution in [2.75, 3.05) is 0 Å². The van der Waals surface area contributed by atoms with Crippen LogP contribution in [0.25, 0.3) is 0 Å². The van der Waals surface area contributed by atoms with Gasteiger partial charge in [-0.15, -0.1) is 0 Å². The molecule has 3 nitrogen and oxygen atoms in total. The second kappa shape index (κ2) is 5.83. The topological polar surface area (TPSA) is 35.5 Å². The fourth-order valence-corrected chi connectivity index (χ4v) is 1.19. The van der Waals surface area contributed by atoms with Crippen LogP contribution in [0.3, 0.4) is 0 Å². The maximum atomic E-state index is 11.0. The van der Waals surface area contributed by atoms with E-state index < -0.39 is 5.97 Å². The number of carbonyl (C=O) groups excluding carboxylic acids is 1. The molecule has 0 saturated heterocycles. The van der Waals surface area contributed by atoms with Gasteiger partial charge in [0.15, 0.2) is 5.75 Å². The van der Waals surface area contributed by atoms with Gasteiger partial charge in [-0.1, -0.05) is 30.1 Å². The monoisotopic (exact) mass is 248 g/mol. The molecule has 0 aliphatic rings. The molecule has 0 aliphatic heterocycles. The molecule has 1 aromatic carbocycles. The van der Waals surface area contributed by atoms with E-state index in [0.29, 0.717) is 22.9 Å². The van der Waals surface area contributed by atoms with E-state index in [1.54, 1.807) is 12.1 Å². The van der Waals surface area contributed by atoms with E-state index in [1.165, 1.54) is 6.07 Å². The SMILES string of the molecule is CCCC(=O)OOc1cc(Cl)ccc1Cl. The maximum Gasteiger partial charge on any atom is 0.355 e. The predicted molar refractivity (Wildman–Crippen MR) is 58.1 cm³/mol. The predicted octanol–water partition coefficient (Wildman–Crippen LogP) is 3.63. The van der Waals surface area contributed by atoms with E-state index in [0.717, 1.165) is 0 Å². The molecule has 0 aliphatic carbocycles. The fourth-order valence-electron chi connectivity index (χ4n) is 0.878. The highest BCUT2D eigenvalue weighted by Crippen LogP contribution is 2.27. The zero-order chi connectivity index (χ0) is 11.3. The van der Waals surface area contributed by atoms with Crippen LogP contribution in [0, 0.1) is 0 Å². The van der Waals surface area contributed by atoms with Crippen LogP contribution in [0.2, 0.25) is 10.0 Å². The summed E-state index contributed by atoms with van der Waals surface area (Å²) < 4.78 is 0. The van der Waals surface area contributed by atoms with Gasteiger partial charge in [0, 0.05) is 17.5 Å². The molecule has 0 spiro atoms. The van der Waals surface area contributed by atoms with Gasteiger partial charge in [-0.3, -0.25) is 9.78 Å². The van der Waals surface area contributed by atoms with Gasteiger partial charge in [-0.05, 0) is 18.6 Å². The van der Waals surface area contributed by atoms with Crippen LogP contribution in [0.1, 0.15) is 19.8 Å². The van der Waals surface area contributed by atoms with E-state index in [-0.39, 0.29) is 5.75 Å². The second-order valence-corrected chi connectivity index (χ2v) is 3.71. The minimum atomic E-state index is -0.437. The number of halogens is 2. The average molecular weight is 249 g/mol. The molecule has 15 heavy (non-hydrogen) atoms. The standard InChI is InChI=1S/C10H10Cl2O3/c1-2-3-10(13)15-14-9-6-7(11)4-5-8(9)12/h4-6H,2-3H2,1H3. The van der Waals surface area contributed by atoms with Crippen molar-refractivity contribution in [1.82, 2.24) is 0 Å². The zero-order valence-corrected chi connectivity index (χ0v) is 9.64. The Bertz CT molecular complexity index is 353. The van der Waals surface area contributed by atoms with Crippen LogP contribution in [0.5, 0.6) is 5.75 Å². The Hall–Kier alpha value is -0.930. The van der Waals surface area contributed by atoms with Crippen molar-refractivity contribution < 1.29 is 14.6 Å². The van der Waals surface area contributed by atoms with Crippen LogP contribution >= 0.6 is 23.2 Å². The van der Waals surface area contributed by atoms with E-state index in [1.807, 2.05) is 6.92 Å². The molecule has 0 atom stereocenters. The van der Waals surface area contributed by atoms with Crippen LogP contribution in [-0.2, 0) is 9.68 Å². The largest absolute Gasteiger partial charge is 0.355 e. The molecular weight excluding hydrogens is 239 g/mol. The molecule has 1 aromatic rings. The molecule has 1 rings (SSSR count). The van der Waals surface area contributed by atoms with Crippen molar-refractivity contribution in [3.05, 3.63) is 28.2 Å².